The van der Waals surface area contributed by atoms with Crippen LogP contribution in [0.2, 0.25) is 0 Å². The lowest BCUT2D eigenvalue weighted by Crippen LogP contribution is -2.41. The van der Waals surface area contributed by atoms with Crippen molar-refractivity contribution in [3.8, 4) is 0 Å². The molecule has 0 saturated carbocycles. The molecule has 1 aromatic carbocycles. The monoisotopic (exact) mass is 309 g/mol. The highest BCUT2D eigenvalue weighted by Gasteiger charge is 2.33. The molecule has 1 aliphatic heterocycles. The fraction of sp³-hybridized carbons (Fsp3) is 0.562. The van der Waals surface area contributed by atoms with Gasteiger partial charge >= 0.3 is 0 Å². The van der Waals surface area contributed by atoms with Gasteiger partial charge in [0.15, 0.2) is 9.84 Å². The standard InChI is InChI=1S/C16H23NO3S/c1-3-17(15-10-11-21(19,20)12-15)16(18)9-8-14-6-4-13(2)5-7-14/h4-7,15H,3,8-12H2,1-2H3. The molecule has 2 rings (SSSR count). The topological polar surface area (TPSA) is 54.5 Å². The van der Waals surface area contributed by atoms with E-state index >= 15 is 0 Å². The normalized spacial score (nSPS) is 20.4. The average molecular weight is 309 g/mol. The predicted molar refractivity (Wildman–Crippen MR) is 83.9 cm³/mol. The molecule has 1 atom stereocenters. The number of carbonyl (C=O) groups is 1. The molecule has 1 unspecified atom stereocenters. The Morgan fingerprint density at radius 3 is 2.48 bits per heavy atom. The van der Waals surface area contributed by atoms with E-state index < -0.39 is 9.84 Å². The second kappa shape index (κ2) is 6.60. The summed E-state index contributed by atoms with van der Waals surface area (Å²) in [5.41, 5.74) is 2.35. The summed E-state index contributed by atoms with van der Waals surface area (Å²) in [7, 11) is -2.95. The third kappa shape index (κ3) is 4.30. The van der Waals surface area contributed by atoms with Crippen LogP contribution in [0.15, 0.2) is 24.3 Å². The molecule has 0 spiro atoms. The van der Waals surface area contributed by atoms with Crippen LogP contribution in [0.4, 0.5) is 0 Å². The Labute approximate surface area is 127 Å². The fourth-order valence-electron chi connectivity index (χ4n) is 2.81. The zero-order valence-electron chi connectivity index (χ0n) is 12.7. The van der Waals surface area contributed by atoms with Crippen molar-refractivity contribution in [2.45, 2.75) is 39.2 Å². The van der Waals surface area contributed by atoms with Crippen molar-refractivity contribution < 1.29 is 13.2 Å². The lowest BCUT2D eigenvalue weighted by molar-refractivity contribution is -0.132. The van der Waals surface area contributed by atoms with Crippen molar-refractivity contribution in [1.29, 1.82) is 0 Å². The van der Waals surface area contributed by atoms with Gasteiger partial charge in [-0.3, -0.25) is 4.79 Å². The Balaban J connectivity index is 1.93. The molecule has 1 fully saturated rings. The molecule has 0 aromatic heterocycles. The summed E-state index contributed by atoms with van der Waals surface area (Å²) in [4.78, 5) is 14.1. The number of rotatable bonds is 5. The molecule has 0 aliphatic carbocycles. The average Bonchev–Trinajstić information content (AvgIpc) is 2.79. The first kappa shape index (κ1) is 16.0. The van der Waals surface area contributed by atoms with Gasteiger partial charge in [-0.15, -0.1) is 0 Å². The molecule has 0 radical (unpaired) electrons. The van der Waals surface area contributed by atoms with Crippen molar-refractivity contribution in [2.75, 3.05) is 18.1 Å². The second-order valence-electron chi connectivity index (χ2n) is 5.72. The zero-order chi connectivity index (χ0) is 15.5. The van der Waals surface area contributed by atoms with Gasteiger partial charge in [0.1, 0.15) is 0 Å². The smallest absolute Gasteiger partial charge is 0.223 e. The molecule has 0 N–H and O–H groups in total. The molecule has 1 aliphatic rings. The Morgan fingerprint density at radius 1 is 1.29 bits per heavy atom. The third-order valence-electron chi connectivity index (χ3n) is 4.06. The maximum Gasteiger partial charge on any atom is 0.223 e. The number of benzene rings is 1. The molecule has 1 aromatic rings. The molecule has 1 saturated heterocycles. The molecule has 1 heterocycles. The molecular weight excluding hydrogens is 286 g/mol. The van der Waals surface area contributed by atoms with Crippen molar-refractivity contribution in [2.24, 2.45) is 0 Å². The van der Waals surface area contributed by atoms with E-state index in [0.717, 1.165) is 5.56 Å². The Hall–Kier alpha value is -1.36. The van der Waals surface area contributed by atoms with Crippen LogP contribution in [-0.2, 0) is 21.1 Å². The number of aryl methyl sites for hydroxylation is 2. The van der Waals surface area contributed by atoms with Crippen LogP contribution in [0.25, 0.3) is 0 Å². The minimum absolute atomic E-state index is 0.0557. The van der Waals surface area contributed by atoms with Crippen LogP contribution in [-0.4, -0.2) is 43.3 Å². The molecule has 5 heteroatoms. The van der Waals surface area contributed by atoms with E-state index in [1.54, 1.807) is 4.90 Å². The predicted octanol–water partition coefficient (Wildman–Crippen LogP) is 1.96. The van der Waals surface area contributed by atoms with Gasteiger partial charge in [-0.05, 0) is 32.3 Å². The van der Waals surface area contributed by atoms with E-state index in [9.17, 15) is 13.2 Å². The van der Waals surface area contributed by atoms with Gasteiger partial charge in [0, 0.05) is 19.0 Å². The number of sulfone groups is 1. The van der Waals surface area contributed by atoms with Gasteiger partial charge in [-0.2, -0.15) is 0 Å². The Kier molecular flexibility index (Phi) is 5.04. The van der Waals surface area contributed by atoms with Gasteiger partial charge in [0.05, 0.1) is 11.5 Å². The second-order valence-corrected chi connectivity index (χ2v) is 7.95. The van der Waals surface area contributed by atoms with Crippen LogP contribution in [0.3, 0.4) is 0 Å². The third-order valence-corrected chi connectivity index (χ3v) is 5.81. The summed E-state index contributed by atoms with van der Waals surface area (Å²) in [5, 5.41) is 0. The summed E-state index contributed by atoms with van der Waals surface area (Å²) in [5.74, 6) is 0.386. The number of hydrogen-bond acceptors (Lipinski definition) is 3. The first-order valence-electron chi connectivity index (χ1n) is 7.46. The van der Waals surface area contributed by atoms with E-state index in [-0.39, 0.29) is 23.5 Å². The highest BCUT2D eigenvalue weighted by atomic mass is 32.2. The molecule has 4 nitrogen and oxygen atoms in total. The quantitative estimate of drug-likeness (QED) is 0.835. The molecule has 116 valence electrons. The summed E-state index contributed by atoms with van der Waals surface area (Å²) in [6.45, 7) is 4.52. The fourth-order valence-corrected chi connectivity index (χ4v) is 4.54. The first-order valence-corrected chi connectivity index (χ1v) is 9.29. The van der Waals surface area contributed by atoms with E-state index in [1.807, 2.05) is 38.1 Å². The first-order chi connectivity index (χ1) is 9.91. The SMILES string of the molecule is CCN(C(=O)CCc1ccc(C)cc1)C1CCS(=O)(=O)C1. The summed E-state index contributed by atoms with van der Waals surface area (Å²) in [6, 6.07) is 8.03. The van der Waals surface area contributed by atoms with Gasteiger partial charge in [-0.1, -0.05) is 29.8 Å². The highest BCUT2D eigenvalue weighted by molar-refractivity contribution is 7.91. The molecule has 1 amide bonds. The van der Waals surface area contributed by atoms with Gasteiger partial charge in [-0.25, -0.2) is 8.42 Å². The van der Waals surface area contributed by atoms with Crippen molar-refractivity contribution in [1.82, 2.24) is 4.90 Å². The van der Waals surface area contributed by atoms with Gasteiger partial charge in [0.25, 0.3) is 0 Å². The molecular formula is C16H23NO3S. The Morgan fingerprint density at radius 2 is 1.95 bits per heavy atom. The maximum absolute atomic E-state index is 12.3. The van der Waals surface area contributed by atoms with Gasteiger partial charge in [0.2, 0.25) is 5.91 Å². The van der Waals surface area contributed by atoms with E-state index in [2.05, 4.69) is 0 Å². The van der Waals surface area contributed by atoms with Crippen LogP contribution in [0, 0.1) is 6.92 Å². The molecule has 21 heavy (non-hydrogen) atoms. The van der Waals surface area contributed by atoms with E-state index in [4.69, 9.17) is 0 Å². The summed E-state index contributed by atoms with van der Waals surface area (Å²) >= 11 is 0. The van der Waals surface area contributed by atoms with Crippen LogP contribution in [0.5, 0.6) is 0 Å². The summed E-state index contributed by atoms with van der Waals surface area (Å²) in [6.07, 6.45) is 1.72. The maximum atomic E-state index is 12.3. The zero-order valence-corrected chi connectivity index (χ0v) is 13.5. The van der Waals surface area contributed by atoms with Crippen LogP contribution >= 0.6 is 0 Å². The minimum Gasteiger partial charge on any atom is -0.339 e. The van der Waals surface area contributed by atoms with Crippen molar-refractivity contribution >= 4 is 15.7 Å². The van der Waals surface area contributed by atoms with Crippen molar-refractivity contribution in [3.63, 3.8) is 0 Å². The minimum atomic E-state index is -2.95. The summed E-state index contributed by atoms with van der Waals surface area (Å²) < 4.78 is 23.1. The Bertz CT molecular complexity index is 592. The van der Waals surface area contributed by atoms with Gasteiger partial charge < -0.3 is 4.90 Å². The van der Waals surface area contributed by atoms with Crippen molar-refractivity contribution in [3.05, 3.63) is 35.4 Å². The van der Waals surface area contributed by atoms with Crippen LogP contribution in [0.1, 0.15) is 30.9 Å². The molecule has 0 bridgehead atoms. The number of hydrogen-bond donors (Lipinski definition) is 0. The van der Waals surface area contributed by atoms with E-state index in [0.29, 0.717) is 25.8 Å². The van der Waals surface area contributed by atoms with E-state index in [1.165, 1.54) is 5.56 Å². The lowest BCUT2D eigenvalue weighted by Gasteiger charge is -2.27. The van der Waals surface area contributed by atoms with Crippen LogP contribution < -0.4 is 0 Å². The number of carbonyl (C=O) groups excluding carboxylic acids is 1. The lowest BCUT2D eigenvalue weighted by atomic mass is 10.1. The number of amides is 1. The number of nitrogens with zero attached hydrogens (tertiary/aromatic N) is 1. The largest absolute Gasteiger partial charge is 0.339 e. The highest BCUT2D eigenvalue weighted by Crippen LogP contribution is 2.19.